The zero-order valence-electron chi connectivity index (χ0n) is 12.9. The van der Waals surface area contributed by atoms with E-state index in [0.29, 0.717) is 30.5 Å². The number of nitrogen functional groups attached to an aromatic ring is 1. The first kappa shape index (κ1) is 16.1. The maximum atomic E-state index is 12.9. The number of benzene rings is 1. The van der Waals surface area contributed by atoms with Crippen LogP contribution in [0, 0.1) is 5.92 Å². The van der Waals surface area contributed by atoms with Gasteiger partial charge >= 0.3 is 0 Å². The monoisotopic (exact) mass is 312 g/mol. The number of anilines is 1. The molecule has 1 saturated heterocycles. The molecular formula is C15H24N2O3S. The van der Waals surface area contributed by atoms with E-state index in [1.165, 1.54) is 6.07 Å². The lowest BCUT2D eigenvalue weighted by Gasteiger charge is -2.35. The second-order valence-electron chi connectivity index (χ2n) is 5.73. The highest BCUT2D eigenvalue weighted by Gasteiger charge is 2.35. The van der Waals surface area contributed by atoms with Crippen molar-refractivity contribution >= 4 is 15.7 Å². The van der Waals surface area contributed by atoms with Crippen molar-refractivity contribution in [1.29, 1.82) is 0 Å². The van der Waals surface area contributed by atoms with Gasteiger partial charge in [-0.25, -0.2) is 8.42 Å². The molecule has 2 atom stereocenters. The largest absolute Gasteiger partial charge is 0.492 e. The molecule has 118 valence electrons. The van der Waals surface area contributed by atoms with Gasteiger partial charge in [-0.15, -0.1) is 0 Å². The van der Waals surface area contributed by atoms with E-state index in [1.807, 2.05) is 13.8 Å². The first-order valence-electron chi connectivity index (χ1n) is 7.40. The third-order valence-corrected chi connectivity index (χ3v) is 5.97. The van der Waals surface area contributed by atoms with Crippen molar-refractivity contribution in [3.63, 3.8) is 0 Å². The predicted octanol–water partition coefficient (Wildman–Crippen LogP) is 2.48. The Morgan fingerprint density at radius 2 is 2.10 bits per heavy atom. The Hall–Kier alpha value is -1.27. The molecule has 0 aromatic heterocycles. The molecule has 2 rings (SSSR count). The number of hydrogen-bond donors (Lipinski definition) is 1. The average molecular weight is 312 g/mol. The highest BCUT2D eigenvalue weighted by Crippen LogP contribution is 2.33. The molecule has 0 bridgehead atoms. The summed E-state index contributed by atoms with van der Waals surface area (Å²) < 4.78 is 32.9. The fraction of sp³-hybridized carbons (Fsp3) is 0.600. The van der Waals surface area contributed by atoms with E-state index >= 15 is 0 Å². The molecule has 1 aromatic carbocycles. The first-order valence-corrected chi connectivity index (χ1v) is 8.84. The summed E-state index contributed by atoms with van der Waals surface area (Å²) >= 11 is 0. The molecule has 1 aliphatic rings. The molecule has 0 radical (unpaired) electrons. The van der Waals surface area contributed by atoms with Crippen LogP contribution in [0.4, 0.5) is 5.69 Å². The van der Waals surface area contributed by atoms with Crippen LogP contribution in [0.5, 0.6) is 5.75 Å². The van der Waals surface area contributed by atoms with Crippen LogP contribution in [0.3, 0.4) is 0 Å². The van der Waals surface area contributed by atoms with E-state index in [0.717, 1.165) is 12.8 Å². The number of ether oxygens (including phenoxy) is 1. The van der Waals surface area contributed by atoms with Crippen LogP contribution in [-0.4, -0.2) is 31.9 Å². The van der Waals surface area contributed by atoms with Crippen molar-refractivity contribution < 1.29 is 13.2 Å². The van der Waals surface area contributed by atoms with Crippen LogP contribution >= 0.6 is 0 Å². The molecule has 1 aliphatic heterocycles. The third kappa shape index (κ3) is 3.32. The van der Waals surface area contributed by atoms with E-state index in [9.17, 15) is 8.42 Å². The Labute approximate surface area is 127 Å². The van der Waals surface area contributed by atoms with Gasteiger partial charge in [0.1, 0.15) is 10.6 Å². The molecular weight excluding hydrogens is 288 g/mol. The van der Waals surface area contributed by atoms with Gasteiger partial charge in [0.2, 0.25) is 10.0 Å². The topological polar surface area (TPSA) is 72.6 Å². The Balaban J connectivity index is 2.41. The quantitative estimate of drug-likeness (QED) is 0.867. The standard InChI is InChI=1S/C15H24N2O3S/c1-4-20-14-6-5-13(16)10-15(14)21(18,19)17-8-7-11(2)9-12(17)3/h5-6,10-12H,4,7-9,16H2,1-3H3. The molecule has 21 heavy (non-hydrogen) atoms. The lowest BCUT2D eigenvalue weighted by atomic mass is 9.95. The SMILES string of the molecule is CCOc1ccc(N)cc1S(=O)(=O)N1CCC(C)CC1C. The van der Waals surface area contributed by atoms with Crippen LogP contribution in [0.2, 0.25) is 0 Å². The van der Waals surface area contributed by atoms with Gasteiger partial charge in [0.25, 0.3) is 0 Å². The Morgan fingerprint density at radius 1 is 1.38 bits per heavy atom. The Kier molecular flexibility index (Phi) is 4.78. The summed E-state index contributed by atoms with van der Waals surface area (Å²) in [7, 11) is -3.58. The summed E-state index contributed by atoms with van der Waals surface area (Å²) in [5.41, 5.74) is 6.19. The second-order valence-corrected chi connectivity index (χ2v) is 7.59. The lowest BCUT2D eigenvalue weighted by Crippen LogP contribution is -2.44. The van der Waals surface area contributed by atoms with Crippen LogP contribution in [0.25, 0.3) is 0 Å². The molecule has 2 unspecified atom stereocenters. The van der Waals surface area contributed by atoms with Crippen molar-refractivity contribution in [2.75, 3.05) is 18.9 Å². The van der Waals surface area contributed by atoms with Crippen LogP contribution < -0.4 is 10.5 Å². The first-order chi connectivity index (χ1) is 9.86. The summed E-state index contributed by atoms with van der Waals surface area (Å²) in [6, 6.07) is 4.77. The minimum atomic E-state index is -3.58. The average Bonchev–Trinajstić information content (AvgIpc) is 2.40. The third-order valence-electron chi connectivity index (χ3n) is 3.93. The summed E-state index contributed by atoms with van der Waals surface area (Å²) in [6.45, 7) is 6.91. The van der Waals surface area contributed by atoms with Crippen LogP contribution in [0.15, 0.2) is 23.1 Å². The normalized spacial score (nSPS) is 24.0. The molecule has 1 fully saturated rings. The fourth-order valence-electron chi connectivity index (χ4n) is 2.87. The van der Waals surface area contributed by atoms with Gasteiger partial charge in [-0.05, 0) is 50.8 Å². The molecule has 1 aromatic rings. The van der Waals surface area contributed by atoms with Crippen molar-refractivity contribution in [2.24, 2.45) is 5.92 Å². The number of hydrogen-bond acceptors (Lipinski definition) is 4. The maximum absolute atomic E-state index is 12.9. The summed E-state index contributed by atoms with van der Waals surface area (Å²) in [6.07, 6.45) is 1.77. The van der Waals surface area contributed by atoms with Gasteiger partial charge in [-0.2, -0.15) is 4.31 Å². The number of nitrogens with zero attached hydrogens (tertiary/aromatic N) is 1. The summed E-state index contributed by atoms with van der Waals surface area (Å²) in [5.74, 6) is 0.927. The van der Waals surface area contributed by atoms with Crippen LogP contribution in [0.1, 0.15) is 33.6 Å². The fourth-order valence-corrected chi connectivity index (χ4v) is 4.69. The van der Waals surface area contributed by atoms with Gasteiger partial charge in [0, 0.05) is 18.3 Å². The second kappa shape index (κ2) is 6.23. The molecule has 0 aliphatic carbocycles. The lowest BCUT2D eigenvalue weighted by molar-refractivity contribution is 0.219. The minimum Gasteiger partial charge on any atom is -0.492 e. The number of nitrogens with two attached hydrogens (primary N) is 1. The van der Waals surface area contributed by atoms with Crippen molar-refractivity contribution in [3.05, 3.63) is 18.2 Å². The van der Waals surface area contributed by atoms with Gasteiger partial charge in [-0.1, -0.05) is 6.92 Å². The van der Waals surface area contributed by atoms with Gasteiger partial charge in [0.15, 0.2) is 0 Å². The molecule has 5 nitrogen and oxygen atoms in total. The van der Waals surface area contributed by atoms with Gasteiger partial charge in [0.05, 0.1) is 6.61 Å². The molecule has 0 spiro atoms. The zero-order valence-corrected chi connectivity index (χ0v) is 13.7. The van der Waals surface area contributed by atoms with Crippen LogP contribution in [-0.2, 0) is 10.0 Å². The summed E-state index contributed by atoms with van der Waals surface area (Å²) in [4.78, 5) is 0.172. The highest BCUT2D eigenvalue weighted by atomic mass is 32.2. The Bertz CT molecular complexity index is 601. The number of sulfonamides is 1. The van der Waals surface area contributed by atoms with E-state index in [1.54, 1.807) is 16.4 Å². The van der Waals surface area contributed by atoms with Crippen molar-refractivity contribution in [3.8, 4) is 5.75 Å². The van der Waals surface area contributed by atoms with Gasteiger partial charge < -0.3 is 10.5 Å². The van der Waals surface area contributed by atoms with Gasteiger partial charge in [-0.3, -0.25) is 0 Å². The Morgan fingerprint density at radius 3 is 2.71 bits per heavy atom. The minimum absolute atomic E-state index is 0.00495. The zero-order chi connectivity index (χ0) is 15.6. The number of rotatable bonds is 4. The number of piperidine rings is 1. The van der Waals surface area contributed by atoms with Crippen molar-refractivity contribution in [1.82, 2.24) is 4.31 Å². The maximum Gasteiger partial charge on any atom is 0.247 e. The molecule has 0 saturated carbocycles. The van der Waals surface area contributed by atoms with Crippen molar-refractivity contribution in [2.45, 2.75) is 44.6 Å². The van der Waals surface area contributed by atoms with E-state index in [-0.39, 0.29) is 10.9 Å². The van der Waals surface area contributed by atoms with E-state index in [2.05, 4.69) is 6.92 Å². The van der Waals surface area contributed by atoms with E-state index < -0.39 is 10.0 Å². The molecule has 2 N–H and O–H groups in total. The summed E-state index contributed by atoms with van der Waals surface area (Å²) in [5, 5.41) is 0. The molecule has 6 heteroatoms. The molecule has 1 heterocycles. The molecule has 0 amide bonds. The smallest absolute Gasteiger partial charge is 0.247 e. The highest BCUT2D eigenvalue weighted by molar-refractivity contribution is 7.89. The predicted molar refractivity (Wildman–Crippen MR) is 83.8 cm³/mol. The van der Waals surface area contributed by atoms with E-state index in [4.69, 9.17) is 10.5 Å².